The molecule has 2 aliphatic carbocycles. The van der Waals surface area contributed by atoms with Crippen molar-refractivity contribution in [1.82, 2.24) is 0 Å². The minimum absolute atomic E-state index is 0.0356. The molecule has 15 heavy (non-hydrogen) atoms. The Balaban J connectivity index is 1.70. The first-order valence-corrected chi connectivity index (χ1v) is 5.74. The molecule has 1 fully saturated rings. The van der Waals surface area contributed by atoms with Crippen LogP contribution < -0.4 is 0 Å². The molecule has 0 aromatic rings. The normalized spacial score (nSPS) is 32.2. The topological polar surface area (TPSA) is 35.5 Å². The highest BCUT2D eigenvalue weighted by molar-refractivity contribution is 5.74. The highest BCUT2D eigenvalue weighted by Gasteiger charge is 2.40. The van der Waals surface area contributed by atoms with Gasteiger partial charge in [0.2, 0.25) is 0 Å². The van der Waals surface area contributed by atoms with Gasteiger partial charge >= 0.3 is 5.97 Å². The molecule has 1 saturated carbocycles. The number of hydrogen-bond acceptors (Lipinski definition) is 3. The second-order valence-electron chi connectivity index (χ2n) is 4.25. The van der Waals surface area contributed by atoms with E-state index in [4.69, 9.17) is 9.47 Å². The number of carbonyl (C=O) groups is 1. The summed E-state index contributed by atoms with van der Waals surface area (Å²) < 4.78 is 10.3. The van der Waals surface area contributed by atoms with Crippen LogP contribution in [0.3, 0.4) is 0 Å². The maximum Gasteiger partial charge on any atom is 0.309 e. The predicted molar refractivity (Wildman–Crippen MR) is 56.3 cm³/mol. The van der Waals surface area contributed by atoms with E-state index in [2.05, 4.69) is 12.2 Å². The van der Waals surface area contributed by atoms with Crippen molar-refractivity contribution >= 4 is 5.97 Å². The van der Waals surface area contributed by atoms with Crippen LogP contribution in [0.15, 0.2) is 12.2 Å². The van der Waals surface area contributed by atoms with Gasteiger partial charge in [0.25, 0.3) is 0 Å². The van der Waals surface area contributed by atoms with Crippen LogP contribution in [0.5, 0.6) is 0 Å². The minimum Gasteiger partial charge on any atom is -0.463 e. The van der Waals surface area contributed by atoms with Crippen LogP contribution in [0.4, 0.5) is 0 Å². The quantitative estimate of drug-likeness (QED) is 0.394. The smallest absolute Gasteiger partial charge is 0.309 e. The highest BCUT2D eigenvalue weighted by Crippen LogP contribution is 2.43. The lowest BCUT2D eigenvalue weighted by Gasteiger charge is -2.16. The Kier molecular flexibility index (Phi) is 3.41. The molecule has 0 N–H and O–H groups in total. The van der Waals surface area contributed by atoms with Crippen LogP contribution in [0.1, 0.15) is 19.8 Å². The SMILES string of the molecule is CCOCCOC(=O)[C@@H]1C[C@H]2C=C[C@@H]1C2. The largest absolute Gasteiger partial charge is 0.463 e. The molecule has 0 spiro atoms. The van der Waals surface area contributed by atoms with Gasteiger partial charge in [-0.1, -0.05) is 12.2 Å². The van der Waals surface area contributed by atoms with Gasteiger partial charge in [-0.15, -0.1) is 0 Å². The predicted octanol–water partition coefficient (Wildman–Crippen LogP) is 1.78. The lowest BCUT2D eigenvalue weighted by molar-refractivity contribution is -0.150. The summed E-state index contributed by atoms with van der Waals surface area (Å²) in [4.78, 5) is 11.7. The fraction of sp³-hybridized carbons (Fsp3) is 0.750. The Bertz CT molecular complexity index is 260. The van der Waals surface area contributed by atoms with Gasteiger partial charge in [-0.2, -0.15) is 0 Å². The number of carbonyl (C=O) groups excluding carboxylic acids is 1. The number of ether oxygens (including phenoxy) is 2. The second kappa shape index (κ2) is 4.79. The highest BCUT2D eigenvalue weighted by atomic mass is 16.6. The molecule has 0 radical (unpaired) electrons. The third kappa shape index (κ3) is 2.40. The van der Waals surface area contributed by atoms with E-state index in [0.717, 1.165) is 12.8 Å². The molecule has 0 unspecified atom stereocenters. The molecule has 0 heterocycles. The van der Waals surface area contributed by atoms with E-state index in [1.807, 2.05) is 6.92 Å². The van der Waals surface area contributed by atoms with Crippen molar-refractivity contribution in [1.29, 1.82) is 0 Å². The zero-order valence-electron chi connectivity index (χ0n) is 9.15. The van der Waals surface area contributed by atoms with Crippen LogP contribution in [-0.2, 0) is 14.3 Å². The van der Waals surface area contributed by atoms with Gasteiger partial charge in [0.05, 0.1) is 12.5 Å². The first kappa shape index (κ1) is 10.7. The molecule has 0 aromatic carbocycles. The maximum absolute atomic E-state index is 11.7. The molecule has 2 aliphatic rings. The van der Waals surface area contributed by atoms with Crippen LogP contribution in [0.25, 0.3) is 0 Å². The van der Waals surface area contributed by atoms with Crippen LogP contribution in [-0.4, -0.2) is 25.8 Å². The minimum atomic E-state index is -0.0356. The molecule has 3 atom stereocenters. The van der Waals surface area contributed by atoms with Crippen LogP contribution in [0.2, 0.25) is 0 Å². The molecule has 3 heteroatoms. The fourth-order valence-corrected chi connectivity index (χ4v) is 2.50. The average Bonchev–Trinajstić information content (AvgIpc) is 2.85. The monoisotopic (exact) mass is 210 g/mol. The third-order valence-electron chi connectivity index (χ3n) is 3.26. The Morgan fingerprint density at radius 3 is 2.80 bits per heavy atom. The van der Waals surface area contributed by atoms with E-state index in [1.165, 1.54) is 0 Å². The molecule has 3 nitrogen and oxygen atoms in total. The van der Waals surface area contributed by atoms with Crippen LogP contribution >= 0.6 is 0 Å². The lowest BCUT2D eigenvalue weighted by atomic mass is 9.94. The van der Waals surface area contributed by atoms with E-state index < -0.39 is 0 Å². The third-order valence-corrected chi connectivity index (χ3v) is 3.26. The summed E-state index contributed by atoms with van der Waals surface area (Å²) in [5.41, 5.74) is 0. The van der Waals surface area contributed by atoms with Gasteiger partial charge in [0, 0.05) is 6.61 Å². The van der Waals surface area contributed by atoms with E-state index in [1.54, 1.807) is 0 Å². The van der Waals surface area contributed by atoms with E-state index in [-0.39, 0.29) is 11.9 Å². The number of allylic oxidation sites excluding steroid dienone is 2. The summed E-state index contributed by atoms with van der Waals surface area (Å²) in [6, 6.07) is 0. The maximum atomic E-state index is 11.7. The Morgan fingerprint density at radius 2 is 2.20 bits per heavy atom. The van der Waals surface area contributed by atoms with Crippen molar-refractivity contribution in [2.75, 3.05) is 19.8 Å². The Morgan fingerprint density at radius 1 is 1.33 bits per heavy atom. The van der Waals surface area contributed by atoms with Gasteiger partial charge in [0.15, 0.2) is 0 Å². The molecule has 0 aliphatic heterocycles. The summed E-state index contributed by atoms with van der Waals surface area (Å²) in [7, 11) is 0. The van der Waals surface area contributed by atoms with Gasteiger partial charge in [-0.3, -0.25) is 4.79 Å². The van der Waals surface area contributed by atoms with Gasteiger partial charge in [0.1, 0.15) is 6.61 Å². The number of fused-ring (bicyclic) bond motifs is 2. The van der Waals surface area contributed by atoms with Gasteiger partial charge in [-0.25, -0.2) is 0 Å². The molecular formula is C12H18O3. The van der Waals surface area contributed by atoms with E-state index >= 15 is 0 Å². The van der Waals surface area contributed by atoms with E-state index in [0.29, 0.717) is 31.7 Å². The zero-order chi connectivity index (χ0) is 10.7. The van der Waals surface area contributed by atoms with Gasteiger partial charge in [-0.05, 0) is 31.6 Å². The van der Waals surface area contributed by atoms with Gasteiger partial charge < -0.3 is 9.47 Å². The first-order chi connectivity index (χ1) is 7.31. The summed E-state index contributed by atoms with van der Waals surface area (Å²) >= 11 is 0. The number of rotatable bonds is 5. The average molecular weight is 210 g/mol. The van der Waals surface area contributed by atoms with Crippen molar-refractivity contribution in [2.45, 2.75) is 19.8 Å². The van der Waals surface area contributed by atoms with Crippen molar-refractivity contribution in [3.63, 3.8) is 0 Å². The fourth-order valence-electron chi connectivity index (χ4n) is 2.50. The summed E-state index contributed by atoms with van der Waals surface area (Å²) in [5.74, 6) is 1.14. The Labute approximate surface area is 90.4 Å². The zero-order valence-corrected chi connectivity index (χ0v) is 9.15. The molecule has 0 amide bonds. The van der Waals surface area contributed by atoms with Crippen LogP contribution in [0, 0.1) is 17.8 Å². The molecule has 2 bridgehead atoms. The van der Waals surface area contributed by atoms with E-state index in [9.17, 15) is 4.79 Å². The standard InChI is InChI=1S/C12H18O3/c1-2-14-5-6-15-12(13)11-8-9-3-4-10(11)7-9/h3-4,9-11H,2,5-8H2,1H3/t9-,10+,11+/m0/s1. The molecule has 0 saturated heterocycles. The molecule has 2 rings (SSSR count). The van der Waals surface area contributed by atoms with Crippen molar-refractivity contribution < 1.29 is 14.3 Å². The van der Waals surface area contributed by atoms with Crippen molar-refractivity contribution in [3.05, 3.63) is 12.2 Å². The first-order valence-electron chi connectivity index (χ1n) is 5.74. The number of hydrogen-bond donors (Lipinski definition) is 0. The van der Waals surface area contributed by atoms with Crippen molar-refractivity contribution in [2.24, 2.45) is 17.8 Å². The molecule has 0 aromatic heterocycles. The molecule has 84 valence electrons. The second-order valence-corrected chi connectivity index (χ2v) is 4.25. The van der Waals surface area contributed by atoms with Crippen molar-refractivity contribution in [3.8, 4) is 0 Å². The lowest BCUT2D eigenvalue weighted by Crippen LogP contribution is -2.23. The summed E-state index contributed by atoms with van der Waals surface area (Å²) in [5, 5.41) is 0. The molecular weight excluding hydrogens is 192 g/mol. The summed E-state index contributed by atoms with van der Waals surface area (Å²) in [6.45, 7) is 3.51. The Hall–Kier alpha value is -0.830. The number of esters is 1. The summed E-state index contributed by atoms with van der Waals surface area (Å²) in [6.07, 6.45) is 6.52.